The molecule has 22 heavy (non-hydrogen) atoms. The molecule has 0 aromatic rings. The maximum absolute atomic E-state index is 2.54. The van der Waals surface area contributed by atoms with Gasteiger partial charge in [-0.2, -0.15) is 0 Å². The van der Waals surface area contributed by atoms with Crippen molar-refractivity contribution in [1.29, 1.82) is 0 Å². The fourth-order valence-corrected chi connectivity index (χ4v) is 3.10. The first kappa shape index (κ1) is 21.9. The summed E-state index contributed by atoms with van der Waals surface area (Å²) < 4.78 is 0. The van der Waals surface area contributed by atoms with Crippen LogP contribution in [-0.2, 0) is 0 Å². The highest BCUT2D eigenvalue weighted by molar-refractivity contribution is 4.60. The second-order valence-corrected chi connectivity index (χ2v) is 7.43. The van der Waals surface area contributed by atoms with Gasteiger partial charge in [-0.05, 0) is 65.3 Å². The topological polar surface area (TPSA) is 6.48 Å². The van der Waals surface area contributed by atoms with E-state index in [0.29, 0.717) is 0 Å². The van der Waals surface area contributed by atoms with Gasteiger partial charge in [0.15, 0.2) is 0 Å². The third-order valence-corrected chi connectivity index (χ3v) is 4.65. The summed E-state index contributed by atoms with van der Waals surface area (Å²) in [6.07, 6.45) is 13.8. The summed E-state index contributed by atoms with van der Waals surface area (Å²) >= 11 is 0. The lowest BCUT2D eigenvalue weighted by Crippen LogP contribution is -2.25. The minimum absolute atomic E-state index is 0.864. The second-order valence-electron chi connectivity index (χ2n) is 7.43. The van der Waals surface area contributed by atoms with Crippen LogP contribution in [0.15, 0.2) is 0 Å². The Labute approximate surface area is 141 Å². The zero-order chi connectivity index (χ0) is 16.6. The molecule has 0 saturated carbocycles. The molecule has 0 aromatic heterocycles. The van der Waals surface area contributed by atoms with Crippen molar-refractivity contribution in [3.05, 3.63) is 0 Å². The number of rotatable bonds is 16. The van der Waals surface area contributed by atoms with E-state index < -0.39 is 0 Å². The van der Waals surface area contributed by atoms with Gasteiger partial charge < -0.3 is 9.80 Å². The number of hydrogen-bond acceptors (Lipinski definition) is 2. The van der Waals surface area contributed by atoms with E-state index in [2.05, 4.69) is 44.7 Å². The van der Waals surface area contributed by atoms with Crippen LogP contribution in [0.3, 0.4) is 0 Å². The Balaban J connectivity index is 3.34. The van der Waals surface area contributed by atoms with Gasteiger partial charge in [0.1, 0.15) is 0 Å². The number of unbranched alkanes of at least 4 members (excludes halogenated alkanes) is 6. The smallest absolute Gasteiger partial charge is 0.000397 e. The van der Waals surface area contributed by atoms with E-state index in [1.807, 2.05) is 0 Å². The Hall–Kier alpha value is -0.0800. The van der Waals surface area contributed by atoms with Gasteiger partial charge in [0.2, 0.25) is 0 Å². The molecule has 1 unspecified atom stereocenters. The van der Waals surface area contributed by atoms with Crippen molar-refractivity contribution < 1.29 is 0 Å². The third-order valence-electron chi connectivity index (χ3n) is 4.65. The van der Waals surface area contributed by atoms with E-state index in [0.717, 1.165) is 5.92 Å². The van der Waals surface area contributed by atoms with Gasteiger partial charge in [0.25, 0.3) is 0 Å². The number of nitrogens with zero attached hydrogens (tertiary/aromatic N) is 2. The van der Waals surface area contributed by atoms with E-state index in [1.54, 1.807) is 0 Å². The predicted molar refractivity (Wildman–Crippen MR) is 102 cm³/mol. The highest BCUT2D eigenvalue weighted by Crippen LogP contribution is 2.10. The molecule has 0 spiro atoms. The molecule has 0 aliphatic heterocycles. The lowest BCUT2D eigenvalue weighted by atomic mass is 10.0. The summed E-state index contributed by atoms with van der Waals surface area (Å²) in [5.41, 5.74) is 0. The van der Waals surface area contributed by atoms with Crippen molar-refractivity contribution in [1.82, 2.24) is 9.80 Å². The van der Waals surface area contributed by atoms with Crippen LogP contribution in [-0.4, -0.2) is 50.1 Å². The van der Waals surface area contributed by atoms with E-state index in [4.69, 9.17) is 0 Å². The minimum Gasteiger partial charge on any atom is -0.306 e. The van der Waals surface area contributed by atoms with Crippen LogP contribution in [0.4, 0.5) is 0 Å². The largest absolute Gasteiger partial charge is 0.306 e. The van der Waals surface area contributed by atoms with Gasteiger partial charge in [0.05, 0.1) is 0 Å². The molecule has 0 fully saturated rings. The van der Waals surface area contributed by atoms with E-state index >= 15 is 0 Å². The van der Waals surface area contributed by atoms with E-state index in [9.17, 15) is 0 Å². The van der Waals surface area contributed by atoms with Crippen LogP contribution in [0.2, 0.25) is 0 Å². The van der Waals surface area contributed by atoms with Gasteiger partial charge >= 0.3 is 0 Å². The molecule has 0 N–H and O–H groups in total. The molecule has 1 atom stereocenters. The summed E-state index contributed by atoms with van der Waals surface area (Å²) in [7, 11) is 4.56. The molecule has 0 rings (SSSR count). The normalized spacial score (nSPS) is 13.2. The maximum Gasteiger partial charge on any atom is 0.000397 e. The molecule has 0 amide bonds. The molecule has 0 aromatic carbocycles. The van der Waals surface area contributed by atoms with Gasteiger partial charge in [-0.25, -0.2) is 0 Å². The van der Waals surface area contributed by atoms with Gasteiger partial charge in [-0.3, -0.25) is 0 Å². The first-order valence-corrected chi connectivity index (χ1v) is 9.97. The lowest BCUT2D eigenvalue weighted by Gasteiger charge is -2.21. The molecule has 2 nitrogen and oxygen atoms in total. The predicted octanol–water partition coefficient (Wildman–Crippen LogP) is 5.43. The molecule has 0 heterocycles. The van der Waals surface area contributed by atoms with Crippen molar-refractivity contribution in [2.45, 2.75) is 85.0 Å². The third kappa shape index (κ3) is 14.8. The number of hydrogen-bond donors (Lipinski definition) is 0. The van der Waals surface area contributed by atoms with Crippen LogP contribution in [0.25, 0.3) is 0 Å². The highest BCUT2D eigenvalue weighted by atomic mass is 15.1. The summed E-state index contributed by atoms with van der Waals surface area (Å²) in [6.45, 7) is 12.1. The quantitative estimate of drug-likeness (QED) is 0.351. The Morgan fingerprint density at radius 1 is 0.636 bits per heavy atom. The molecule has 0 aliphatic rings. The van der Waals surface area contributed by atoms with Crippen molar-refractivity contribution in [2.24, 2.45) is 5.92 Å². The van der Waals surface area contributed by atoms with Crippen molar-refractivity contribution in [3.63, 3.8) is 0 Å². The average Bonchev–Trinajstić information content (AvgIpc) is 2.49. The first-order chi connectivity index (χ1) is 10.6. The molecular formula is C20H44N2. The zero-order valence-corrected chi connectivity index (χ0v) is 16.4. The van der Waals surface area contributed by atoms with E-state index in [-0.39, 0.29) is 0 Å². The fourth-order valence-electron chi connectivity index (χ4n) is 3.10. The van der Waals surface area contributed by atoms with Crippen molar-refractivity contribution >= 4 is 0 Å². The van der Waals surface area contributed by atoms with E-state index in [1.165, 1.54) is 90.4 Å². The SMILES string of the molecule is CCCCC(C)CN(C)CCCCCCCN(C)CCCC. The van der Waals surface area contributed by atoms with Crippen LogP contribution in [0, 0.1) is 5.92 Å². The van der Waals surface area contributed by atoms with Crippen molar-refractivity contribution in [3.8, 4) is 0 Å². The monoisotopic (exact) mass is 312 g/mol. The van der Waals surface area contributed by atoms with Crippen LogP contribution in [0.5, 0.6) is 0 Å². The fraction of sp³-hybridized carbons (Fsp3) is 1.00. The summed E-state index contributed by atoms with van der Waals surface area (Å²) in [6, 6.07) is 0. The standard InChI is InChI=1S/C20H44N2/c1-6-8-15-20(3)19-22(5)18-14-12-10-11-13-17-21(4)16-9-7-2/h20H,6-19H2,1-5H3. The molecule has 0 saturated heterocycles. The molecule has 0 radical (unpaired) electrons. The molecular weight excluding hydrogens is 268 g/mol. The van der Waals surface area contributed by atoms with Crippen LogP contribution in [0.1, 0.15) is 85.0 Å². The van der Waals surface area contributed by atoms with Crippen LogP contribution < -0.4 is 0 Å². The summed E-state index contributed by atoms with van der Waals surface area (Å²) in [5.74, 6) is 0.864. The van der Waals surface area contributed by atoms with Crippen molar-refractivity contribution in [2.75, 3.05) is 40.3 Å². The van der Waals surface area contributed by atoms with Gasteiger partial charge in [0, 0.05) is 6.54 Å². The Bertz CT molecular complexity index is 218. The zero-order valence-electron chi connectivity index (χ0n) is 16.4. The second kappa shape index (κ2) is 15.8. The van der Waals surface area contributed by atoms with Gasteiger partial charge in [-0.15, -0.1) is 0 Å². The lowest BCUT2D eigenvalue weighted by molar-refractivity contribution is 0.269. The Morgan fingerprint density at radius 2 is 1.14 bits per heavy atom. The molecule has 0 aliphatic carbocycles. The maximum atomic E-state index is 2.54. The summed E-state index contributed by atoms with van der Waals surface area (Å²) in [5, 5.41) is 0. The minimum atomic E-state index is 0.864. The molecule has 0 bridgehead atoms. The highest BCUT2D eigenvalue weighted by Gasteiger charge is 2.05. The van der Waals surface area contributed by atoms with Crippen LogP contribution >= 0.6 is 0 Å². The molecule has 2 heteroatoms. The first-order valence-electron chi connectivity index (χ1n) is 9.97. The Kier molecular flexibility index (Phi) is 15.7. The summed E-state index contributed by atoms with van der Waals surface area (Å²) in [4.78, 5) is 5.04. The Morgan fingerprint density at radius 3 is 1.73 bits per heavy atom. The molecule has 134 valence electrons. The van der Waals surface area contributed by atoms with Gasteiger partial charge in [-0.1, -0.05) is 59.3 Å². The average molecular weight is 313 g/mol.